The summed E-state index contributed by atoms with van der Waals surface area (Å²) in [6, 6.07) is 4.81. The molecule has 1 N–H and O–H groups in total. The smallest absolute Gasteiger partial charge is 0.268 e. The van der Waals surface area contributed by atoms with Crippen molar-refractivity contribution in [3.05, 3.63) is 23.2 Å². The van der Waals surface area contributed by atoms with Crippen molar-refractivity contribution in [2.75, 3.05) is 0 Å². The molecule has 0 bridgehead atoms. The Morgan fingerprint density at radius 2 is 2.10 bits per heavy atom. The van der Waals surface area contributed by atoms with Crippen molar-refractivity contribution in [3.63, 3.8) is 0 Å². The van der Waals surface area contributed by atoms with E-state index >= 15 is 0 Å². The van der Waals surface area contributed by atoms with Gasteiger partial charge in [0.2, 0.25) is 0 Å². The summed E-state index contributed by atoms with van der Waals surface area (Å²) in [4.78, 5) is 12.6. The van der Waals surface area contributed by atoms with Gasteiger partial charge >= 0.3 is 0 Å². The van der Waals surface area contributed by atoms with Gasteiger partial charge in [-0.2, -0.15) is 0 Å². The Balaban J connectivity index is 1.86. The fourth-order valence-corrected chi connectivity index (χ4v) is 3.99. The zero-order chi connectivity index (χ0) is 14.1. The number of carbonyl (C=O) groups is 1. The number of thiophene rings is 1. The maximum absolute atomic E-state index is 12.6. The van der Waals surface area contributed by atoms with Crippen molar-refractivity contribution in [1.82, 2.24) is 9.88 Å². The van der Waals surface area contributed by atoms with E-state index in [-0.39, 0.29) is 5.91 Å². The van der Waals surface area contributed by atoms with Crippen LogP contribution in [0.3, 0.4) is 0 Å². The molecule has 0 aromatic carbocycles. The maximum atomic E-state index is 12.6. The molecule has 0 saturated heterocycles. The molecule has 3 nitrogen and oxygen atoms in total. The molecular formula is C16H22N2OS. The van der Waals surface area contributed by atoms with Gasteiger partial charge in [0.05, 0.1) is 10.2 Å². The largest absolute Gasteiger partial charge is 0.348 e. The van der Waals surface area contributed by atoms with Gasteiger partial charge in [0.15, 0.2) is 0 Å². The van der Waals surface area contributed by atoms with Crippen LogP contribution in [0, 0.1) is 0 Å². The second kappa shape index (κ2) is 5.60. The maximum Gasteiger partial charge on any atom is 0.268 e. The summed E-state index contributed by atoms with van der Waals surface area (Å²) in [5.74, 6) is 0.0917. The van der Waals surface area contributed by atoms with Crippen LogP contribution in [-0.2, 0) is 0 Å². The van der Waals surface area contributed by atoms with E-state index in [0.29, 0.717) is 12.1 Å². The highest BCUT2D eigenvalue weighted by Gasteiger charge is 2.21. The van der Waals surface area contributed by atoms with E-state index in [2.05, 4.69) is 35.2 Å². The van der Waals surface area contributed by atoms with Crippen LogP contribution in [0.2, 0.25) is 0 Å². The number of carbonyl (C=O) groups excluding carboxylic acids is 1. The number of rotatable bonds is 3. The SMILES string of the molecule is CC(C)n1c(C(=O)NC2CCCCC2)cc2sccc21. The van der Waals surface area contributed by atoms with Crippen LogP contribution >= 0.6 is 11.3 Å². The fraction of sp³-hybridized carbons (Fsp3) is 0.562. The molecule has 2 aromatic heterocycles. The third-order valence-corrected chi connectivity index (χ3v) is 5.00. The number of hydrogen-bond donors (Lipinski definition) is 1. The average molecular weight is 290 g/mol. The molecule has 0 atom stereocenters. The molecule has 108 valence electrons. The van der Waals surface area contributed by atoms with Gasteiger partial charge in [-0.1, -0.05) is 19.3 Å². The summed E-state index contributed by atoms with van der Waals surface area (Å²) < 4.78 is 3.36. The zero-order valence-electron chi connectivity index (χ0n) is 12.2. The van der Waals surface area contributed by atoms with Crippen LogP contribution in [-0.4, -0.2) is 16.5 Å². The normalized spacial score (nSPS) is 16.9. The van der Waals surface area contributed by atoms with Gasteiger partial charge in [-0.15, -0.1) is 11.3 Å². The molecule has 20 heavy (non-hydrogen) atoms. The predicted molar refractivity (Wildman–Crippen MR) is 84.5 cm³/mol. The zero-order valence-corrected chi connectivity index (χ0v) is 13.0. The Morgan fingerprint density at radius 1 is 1.35 bits per heavy atom. The first-order valence-electron chi connectivity index (χ1n) is 7.56. The Morgan fingerprint density at radius 3 is 2.80 bits per heavy atom. The molecule has 3 rings (SSSR count). The molecule has 1 aliphatic rings. The molecule has 0 unspecified atom stereocenters. The van der Waals surface area contributed by atoms with Crippen LogP contribution < -0.4 is 5.32 Å². The topological polar surface area (TPSA) is 34.0 Å². The third kappa shape index (κ3) is 2.49. The number of nitrogens with one attached hydrogen (secondary N) is 1. The highest BCUT2D eigenvalue weighted by Crippen LogP contribution is 2.28. The predicted octanol–water partition coefficient (Wildman–Crippen LogP) is 4.35. The van der Waals surface area contributed by atoms with Crippen LogP contribution in [0.5, 0.6) is 0 Å². The summed E-state index contributed by atoms with van der Waals surface area (Å²) in [5.41, 5.74) is 1.99. The number of amides is 1. The van der Waals surface area contributed by atoms with Crippen molar-refractivity contribution in [2.45, 2.75) is 58.0 Å². The molecule has 1 amide bonds. The van der Waals surface area contributed by atoms with Crippen molar-refractivity contribution in [1.29, 1.82) is 0 Å². The van der Waals surface area contributed by atoms with Crippen molar-refractivity contribution in [2.24, 2.45) is 0 Å². The molecule has 2 heterocycles. The first-order chi connectivity index (χ1) is 9.66. The standard InChI is InChI=1S/C16H22N2OS/c1-11(2)18-13-8-9-20-15(13)10-14(18)16(19)17-12-6-4-3-5-7-12/h8-12H,3-7H2,1-2H3,(H,17,19). The van der Waals surface area contributed by atoms with E-state index in [0.717, 1.165) is 18.5 Å². The first-order valence-corrected chi connectivity index (χ1v) is 8.44. The number of hydrogen-bond acceptors (Lipinski definition) is 2. The Kier molecular flexibility index (Phi) is 3.83. The Bertz CT molecular complexity index is 605. The van der Waals surface area contributed by atoms with Crippen molar-refractivity contribution < 1.29 is 4.79 Å². The highest BCUT2D eigenvalue weighted by molar-refractivity contribution is 7.17. The van der Waals surface area contributed by atoms with E-state index in [4.69, 9.17) is 0 Å². The lowest BCUT2D eigenvalue weighted by atomic mass is 9.95. The van der Waals surface area contributed by atoms with Gasteiger partial charge in [-0.25, -0.2) is 0 Å². The van der Waals surface area contributed by atoms with Crippen LogP contribution in [0.15, 0.2) is 17.5 Å². The van der Waals surface area contributed by atoms with E-state index in [9.17, 15) is 4.79 Å². The third-order valence-electron chi connectivity index (χ3n) is 4.15. The van der Waals surface area contributed by atoms with Crippen LogP contribution in [0.1, 0.15) is 62.5 Å². The second-order valence-electron chi connectivity index (χ2n) is 5.97. The molecule has 0 spiro atoms. The molecule has 1 aliphatic carbocycles. The lowest BCUT2D eigenvalue weighted by molar-refractivity contribution is 0.0917. The van der Waals surface area contributed by atoms with E-state index in [1.165, 1.54) is 29.5 Å². The van der Waals surface area contributed by atoms with E-state index < -0.39 is 0 Å². The van der Waals surface area contributed by atoms with Crippen molar-refractivity contribution >= 4 is 27.5 Å². The van der Waals surface area contributed by atoms with Gasteiger partial charge in [0, 0.05) is 12.1 Å². The summed E-state index contributed by atoms with van der Waals surface area (Å²) >= 11 is 1.70. The highest BCUT2D eigenvalue weighted by atomic mass is 32.1. The van der Waals surface area contributed by atoms with Gasteiger partial charge in [-0.3, -0.25) is 4.79 Å². The van der Waals surface area contributed by atoms with Gasteiger partial charge in [0.1, 0.15) is 5.69 Å². The monoisotopic (exact) mass is 290 g/mol. The minimum absolute atomic E-state index is 0.0917. The number of aromatic nitrogens is 1. The lowest BCUT2D eigenvalue weighted by Crippen LogP contribution is -2.37. The van der Waals surface area contributed by atoms with Gasteiger partial charge in [-0.05, 0) is 44.2 Å². The molecule has 1 saturated carbocycles. The number of fused-ring (bicyclic) bond motifs is 1. The quantitative estimate of drug-likeness (QED) is 0.896. The Labute approximate surface area is 124 Å². The molecule has 0 aliphatic heterocycles. The first kappa shape index (κ1) is 13.7. The minimum atomic E-state index is 0.0917. The van der Waals surface area contributed by atoms with E-state index in [1.54, 1.807) is 11.3 Å². The van der Waals surface area contributed by atoms with Gasteiger partial charge in [0.25, 0.3) is 5.91 Å². The molecular weight excluding hydrogens is 268 g/mol. The molecule has 0 radical (unpaired) electrons. The Hall–Kier alpha value is -1.29. The summed E-state index contributed by atoms with van der Waals surface area (Å²) in [6.45, 7) is 4.27. The molecule has 1 fully saturated rings. The molecule has 4 heteroatoms. The van der Waals surface area contributed by atoms with Crippen LogP contribution in [0.4, 0.5) is 0 Å². The van der Waals surface area contributed by atoms with Crippen LogP contribution in [0.25, 0.3) is 10.2 Å². The lowest BCUT2D eigenvalue weighted by Gasteiger charge is -2.23. The summed E-state index contributed by atoms with van der Waals surface area (Å²) in [5, 5.41) is 5.32. The number of nitrogens with zero attached hydrogens (tertiary/aromatic N) is 1. The fourth-order valence-electron chi connectivity index (χ4n) is 3.18. The molecule has 2 aromatic rings. The minimum Gasteiger partial charge on any atom is -0.348 e. The van der Waals surface area contributed by atoms with Crippen molar-refractivity contribution in [3.8, 4) is 0 Å². The average Bonchev–Trinajstić information content (AvgIpc) is 2.98. The summed E-state index contributed by atoms with van der Waals surface area (Å²) in [7, 11) is 0. The van der Waals surface area contributed by atoms with Gasteiger partial charge < -0.3 is 9.88 Å². The summed E-state index contributed by atoms with van der Waals surface area (Å²) in [6.07, 6.45) is 6.05. The second-order valence-corrected chi connectivity index (χ2v) is 6.92. The van der Waals surface area contributed by atoms with E-state index in [1.807, 2.05) is 6.07 Å².